The topological polar surface area (TPSA) is 128 Å². The van der Waals surface area contributed by atoms with Crippen LogP contribution in [0.4, 0.5) is 0 Å². The van der Waals surface area contributed by atoms with E-state index in [1.54, 1.807) is 0 Å². The van der Waals surface area contributed by atoms with Crippen LogP contribution in [-0.4, -0.2) is 47.2 Å². The molecule has 28 heavy (non-hydrogen) atoms. The van der Waals surface area contributed by atoms with Crippen molar-refractivity contribution >= 4 is 19.0 Å². The number of benzene rings is 2. The van der Waals surface area contributed by atoms with E-state index >= 15 is 0 Å². The second kappa shape index (κ2) is 8.32. The van der Waals surface area contributed by atoms with Crippen LogP contribution in [0.25, 0.3) is 0 Å². The highest BCUT2D eigenvalue weighted by Crippen LogP contribution is 2.35. The van der Waals surface area contributed by atoms with Gasteiger partial charge in [0.15, 0.2) is 0 Å². The van der Waals surface area contributed by atoms with Crippen LogP contribution in [0, 0.1) is 0 Å². The minimum atomic E-state index is -1.30. The molecule has 0 saturated heterocycles. The van der Waals surface area contributed by atoms with Crippen molar-refractivity contribution in [3.8, 4) is 11.5 Å². The summed E-state index contributed by atoms with van der Waals surface area (Å²) in [5, 5.41) is 35.2. The van der Waals surface area contributed by atoms with Crippen molar-refractivity contribution < 1.29 is 29.5 Å². The van der Waals surface area contributed by atoms with Gasteiger partial charge in [-0.25, -0.2) is 4.79 Å². The number of amides is 1. The Labute approximate surface area is 162 Å². The van der Waals surface area contributed by atoms with E-state index in [0.29, 0.717) is 6.54 Å². The molecule has 9 heteroatoms. The average Bonchev–Trinajstić information content (AvgIpc) is 2.63. The molecule has 0 aliphatic carbocycles. The number of carboxylic acids is 1. The summed E-state index contributed by atoms with van der Waals surface area (Å²) in [7, 11) is 0.537. The lowest BCUT2D eigenvalue weighted by Crippen LogP contribution is -2.53. The predicted octanol–water partition coefficient (Wildman–Crippen LogP) is 0.492. The van der Waals surface area contributed by atoms with E-state index in [0.717, 1.165) is 11.1 Å². The molecular weight excluding hydrogens is 363 g/mol. The van der Waals surface area contributed by atoms with Crippen molar-refractivity contribution in [2.24, 2.45) is 0 Å². The fourth-order valence-electron chi connectivity index (χ4n) is 3.25. The third-order valence-electron chi connectivity index (χ3n) is 4.57. The van der Waals surface area contributed by atoms with E-state index in [4.69, 9.17) is 9.76 Å². The zero-order valence-electron chi connectivity index (χ0n) is 15.3. The monoisotopic (exact) mass is 384 g/mol. The lowest BCUT2D eigenvalue weighted by atomic mass is 9.72. The summed E-state index contributed by atoms with van der Waals surface area (Å²) in [4.78, 5) is 23.6. The number of aromatic carboxylic acids is 1. The minimum absolute atomic E-state index is 0.0506. The zero-order valence-corrected chi connectivity index (χ0v) is 15.3. The molecule has 8 nitrogen and oxygen atoms in total. The maximum absolute atomic E-state index is 12.4. The van der Waals surface area contributed by atoms with E-state index < -0.39 is 24.8 Å². The number of carbonyl (C=O) groups excluding carboxylic acids is 1. The summed E-state index contributed by atoms with van der Waals surface area (Å²) in [5.41, 5.74) is 1.86. The Morgan fingerprint density at radius 1 is 1.25 bits per heavy atom. The van der Waals surface area contributed by atoms with Crippen molar-refractivity contribution in [1.29, 1.82) is 0 Å². The van der Waals surface area contributed by atoms with Gasteiger partial charge >= 0.3 is 13.1 Å². The number of aromatic hydroxyl groups is 1. The van der Waals surface area contributed by atoms with Crippen LogP contribution in [0.1, 0.15) is 27.0 Å². The molecule has 1 amide bonds. The molecule has 3 rings (SSSR count). The van der Waals surface area contributed by atoms with Crippen LogP contribution in [0.3, 0.4) is 0 Å². The normalized spacial score (nSPS) is 15.5. The number of hydrogen-bond acceptors (Lipinski definition) is 6. The van der Waals surface area contributed by atoms with E-state index in [1.807, 2.05) is 31.3 Å². The third-order valence-corrected chi connectivity index (χ3v) is 4.57. The molecule has 0 aromatic heterocycles. The standard InChI is InChI=1S/C19H21BN2O6/c1-21-10-12-4-2-3-11(7-12)8-17(23)22-16-9-14-15(28-20(16)27)6-5-13(18(14)24)19(25)26/h2-7,16,21,24,27H,8-10H2,1H3,(H,22,23)(H,25,26)/t16-/m0/s1. The smallest absolute Gasteiger partial charge is 0.535 e. The Balaban J connectivity index is 1.71. The first-order valence-electron chi connectivity index (χ1n) is 8.83. The van der Waals surface area contributed by atoms with Crippen LogP contribution in [0.15, 0.2) is 36.4 Å². The summed E-state index contributed by atoms with van der Waals surface area (Å²) in [6.45, 7) is 0.687. The average molecular weight is 384 g/mol. The Morgan fingerprint density at radius 2 is 2.00 bits per heavy atom. The van der Waals surface area contributed by atoms with Crippen LogP contribution >= 0.6 is 0 Å². The van der Waals surface area contributed by atoms with Crippen molar-refractivity contribution in [2.75, 3.05) is 7.05 Å². The Morgan fingerprint density at radius 3 is 2.71 bits per heavy atom. The summed E-state index contributed by atoms with van der Waals surface area (Å²) in [5.74, 6) is -2.62. The van der Waals surface area contributed by atoms with Crippen LogP contribution in [0.2, 0.25) is 0 Å². The fourth-order valence-corrected chi connectivity index (χ4v) is 3.25. The first-order chi connectivity index (χ1) is 13.4. The van der Waals surface area contributed by atoms with Gasteiger partial charge in [-0.1, -0.05) is 24.3 Å². The molecule has 1 heterocycles. The highest BCUT2D eigenvalue weighted by Gasteiger charge is 2.38. The summed E-state index contributed by atoms with van der Waals surface area (Å²) in [6, 6.07) is 10.2. The maximum atomic E-state index is 12.4. The molecule has 0 spiro atoms. The van der Waals surface area contributed by atoms with E-state index in [1.165, 1.54) is 12.1 Å². The summed E-state index contributed by atoms with van der Waals surface area (Å²) >= 11 is 0. The fraction of sp³-hybridized carbons (Fsp3) is 0.263. The van der Waals surface area contributed by atoms with Crippen molar-refractivity contribution in [3.05, 3.63) is 58.7 Å². The molecule has 2 aromatic carbocycles. The third kappa shape index (κ3) is 4.27. The van der Waals surface area contributed by atoms with Gasteiger partial charge in [0.2, 0.25) is 5.91 Å². The Hall–Kier alpha value is -3.04. The number of nitrogens with one attached hydrogen (secondary N) is 2. The van der Waals surface area contributed by atoms with Gasteiger partial charge in [-0.3, -0.25) is 4.79 Å². The number of rotatable bonds is 6. The molecule has 1 aliphatic heterocycles. The zero-order chi connectivity index (χ0) is 20.3. The number of carbonyl (C=O) groups is 2. The SMILES string of the molecule is CNCc1cccc(CC(=O)N[C@H]2Cc3c(ccc(C(=O)O)c3O)OB2O)c1. The molecule has 0 radical (unpaired) electrons. The lowest BCUT2D eigenvalue weighted by molar-refractivity contribution is -0.120. The molecule has 0 bridgehead atoms. The van der Waals surface area contributed by atoms with Crippen LogP contribution < -0.4 is 15.3 Å². The van der Waals surface area contributed by atoms with E-state index in [-0.39, 0.29) is 35.6 Å². The summed E-state index contributed by atoms with van der Waals surface area (Å²) in [6.07, 6.45) is 0.170. The Kier molecular flexibility index (Phi) is 5.86. The molecule has 2 aromatic rings. The van der Waals surface area contributed by atoms with Gasteiger partial charge in [0.1, 0.15) is 17.1 Å². The molecule has 146 valence electrons. The van der Waals surface area contributed by atoms with Crippen molar-refractivity contribution in [2.45, 2.75) is 25.3 Å². The van der Waals surface area contributed by atoms with Gasteiger partial charge in [-0.2, -0.15) is 0 Å². The quantitative estimate of drug-likeness (QED) is 0.459. The largest absolute Gasteiger partial charge is 0.547 e. The second-order valence-electron chi connectivity index (χ2n) is 6.66. The Bertz CT molecular complexity index is 904. The van der Waals surface area contributed by atoms with Gasteiger partial charge in [-0.15, -0.1) is 0 Å². The number of hydrogen-bond donors (Lipinski definition) is 5. The van der Waals surface area contributed by atoms with Crippen LogP contribution in [0.5, 0.6) is 11.5 Å². The highest BCUT2D eigenvalue weighted by atomic mass is 16.5. The molecule has 0 fully saturated rings. The first kappa shape index (κ1) is 19.7. The van der Waals surface area contributed by atoms with Gasteiger partial charge in [0.05, 0.1) is 12.4 Å². The summed E-state index contributed by atoms with van der Waals surface area (Å²) < 4.78 is 5.34. The number of fused-ring (bicyclic) bond motifs is 1. The van der Waals surface area contributed by atoms with Gasteiger partial charge in [-0.05, 0) is 36.7 Å². The number of phenols is 1. The maximum Gasteiger partial charge on any atom is 0.547 e. The highest BCUT2D eigenvalue weighted by molar-refractivity contribution is 6.46. The predicted molar refractivity (Wildman–Crippen MR) is 102 cm³/mol. The molecule has 0 saturated carbocycles. The number of carboxylic acid groups (broad SMARTS) is 1. The van der Waals surface area contributed by atoms with Crippen molar-refractivity contribution in [3.63, 3.8) is 0 Å². The lowest BCUT2D eigenvalue weighted by Gasteiger charge is -2.28. The van der Waals surface area contributed by atoms with E-state index in [9.17, 15) is 19.7 Å². The van der Waals surface area contributed by atoms with Gasteiger partial charge < -0.3 is 30.5 Å². The van der Waals surface area contributed by atoms with E-state index in [2.05, 4.69) is 10.6 Å². The first-order valence-corrected chi connectivity index (χ1v) is 8.83. The minimum Gasteiger partial charge on any atom is -0.535 e. The molecule has 1 atom stereocenters. The van der Waals surface area contributed by atoms with Gasteiger partial charge in [0.25, 0.3) is 0 Å². The van der Waals surface area contributed by atoms with Crippen LogP contribution in [-0.2, 0) is 24.2 Å². The second-order valence-corrected chi connectivity index (χ2v) is 6.66. The molecule has 1 aliphatic rings. The molecule has 0 unspecified atom stereocenters. The van der Waals surface area contributed by atoms with Crippen molar-refractivity contribution in [1.82, 2.24) is 10.6 Å². The van der Waals surface area contributed by atoms with Gasteiger partial charge in [0, 0.05) is 12.1 Å². The molecular formula is C19H21BN2O6. The molecule has 5 N–H and O–H groups in total.